The molecule has 0 fully saturated rings. The summed E-state index contributed by atoms with van der Waals surface area (Å²) in [5, 5.41) is 5.48. The Morgan fingerprint density at radius 1 is 1.18 bits per heavy atom. The molecule has 0 saturated heterocycles. The third-order valence-corrected chi connectivity index (χ3v) is 2.75. The number of nitrogen functional groups attached to an aromatic ring is 1. The fourth-order valence-electron chi connectivity index (χ4n) is 1.97. The second-order valence-electron chi connectivity index (χ2n) is 3.98. The summed E-state index contributed by atoms with van der Waals surface area (Å²) in [5.41, 5.74) is 9.28. The van der Waals surface area contributed by atoms with Crippen molar-refractivity contribution in [2.75, 3.05) is 5.73 Å². The Morgan fingerprint density at radius 2 is 1.94 bits per heavy atom. The Kier molecular flexibility index (Phi) is 2.08. The summed E-state index contributed by atoms with van der Waals surface area (Å²) in [5.74, 6) is 0. The zero-order chi connectivity index (χ0) is 11.8. The van der Waals surface area contributed by atoms with E-state index in [1.54, 1.807) is 10.9 Å². The Balaban J connectivity index is 2.34. The second-order valence-corrected chi connectivity index (χ2v) is 3.98. The summed E-state index contributed by atoms with van der Waals surface area (Å²) in [6, 6.07) is 12.0. The molecule has 0 aliphatic carbocycles. The first-order valence-electron chi connectivity index (χ1n) is 5.39. The maximum absolute atomic E-state index is 5.78. The lowest BCUT2D eigenvalue weighted by molar-refractivity contribution is 0.790. The summed E-state index contributed by atoms with van der Waals surface area (Å²) in [6.45, 7) is 0. The molecule has 4 nitrogen and oxygen atoms in total. The first-order chi connectivity index (χ1) is 8.25. The highest BCUT2D eigenvalue weighted by Gasteiger charge is 2.11. The molecule has 3 aromatic rings. The van der Waals surface area contributed by atoms with E-state index in [2.05, 4.69) is 10.1 Å². The van der Waals surface area contributed by atoms with Gasteiger partial charge >= 0.3 is 0 Å². The zero-order valence-corrected chi connectivity index (χ0v) is 9.46. The first-order valence-corrected chi connectivity index (χ1v) is 5.39. The number of nitrogens with two attached hydrogens (primary N) is 1. The molecule has 0 amide bonds. The summed E-state index contributed by atoms with van der Waals surface area (Å²) >= 11 is 0. The van der Waals surface area contributed by atoms with Crippen molar-refractivity contribution in [3.05, 3.63) is 42.6 Å². The third kappa shape index (κ3) is 1.54. The van der Waals surface area contributed by atoms with Gasteiger partial charge in [-0.15, -0.1) is 0 Å². The monoisotopic (exact) mass is 224 g/mol. The number of aryl methyl sites for hydroxylation is 1. The van der Waals surface area contributed by atoms with E-state index in [1.807, 2.05) is 43.4 Å². The summed E-state index contributed by atoms with van der Waals surface area (Å²) < 4.78 is 1.77. The van der Waals surface area contributed by atoms with E-state index in [0.717, 1.165) is 22.3 Å². The van der Waals surface area contributed by atoms with Gasteiger partial charge in [-0.25, -0.2) is 9.67 Å². The Hall–Kier alpha value is -2.36. The summed E-state index contributed by atoms with van der Waals surface area (Å²) in [6.07, 6.45) is 1.65. The fourth-order valence-corrected chi connectivity index (χ4v) is 1.97. The Bertz CT molecular complexity index is 670. The van der Waals surface area contributed by atoms with Gasteiger partial charge in [0.1, 0.15) is 5.69 Å². The average molecular weight is 224 g/mol. The van der Waals surface area contributed by atoms with Gasteiger partial charge in [-0.3, -0.25) is 0 Å². The van der Waals surface area contributed by atoms with Crippen LogP contribution in [0.15, 0.2) is 42.6 Å². The van der Waals surface area contributed by atoms with Crippen LogP contribution in [0.2, 0.25) is 0 Å². The van der Waals surface area contributed by atoms with E-state index < -0.39 is 0 Å². The van der Waals surface area contributed by atoms with Crippen LogP contribution < -0.4 is 5.73 Å². The van der Waals surface area contributed by atoms with Gasteiger partial charge in [0, 0.05) is 18.0 Å². The van der Waals surface area contributed by atoms with Crippen LogP contribution >= 0.6 is 0 Å². The van der Waals surface area contributed by atoms with Crippen molar-refractivity contribution in [1.82, 2.24) is 14.8 Å². The number of benzene rings is 1. The minimum Gasteiger partial charge on any atom is -0.397 e. The standard InChI is InChI=1S/C13H12N4/c1-17-13-11(7-10(14)8-15-13)12(16-17)9-5-3-2-4-6-9/h2-8H,14H2,1H3. The van der Waals surface area contributed by atoms with E-state index in [1.165, 1.54) is 0 Å². The highest BCUT2D eigenvalue weighted by molar-refractivity contribution is 5.92. The maximum atomic E-state index is 5.78. The van der Waals surface area contributed by atoms with Gasteiger partial charge in [0.15, 0.2) is 5.65 Å². The SMILES string of the molecule is Cn1nc(-c2ccccc2)c2cc(N)cnc21. The lowest BCUT2D eigenvalue weighted by atomic mass is 10.1. The number of hydrogen-bond donors (Lipinski definition) is 1. The number of aromatic nitrogens is 3. The van der Waals surface area contributed by atoms with E-state index in [4.69, 9.17) is 5.73 Å². The minimum atomic E-state index is 0.655. The van der Waals surface area contributed by atoms with E-state index in [9.17, 15) is 0 Å². The van der Waals surface area contributed by atoms with E-state index >= 15 is 0 Å². The minimum absolute atomic E-state index is 0.655. The van der Waals surface area contributed by atoms with Gasteiger partial charge in [0.25, 0.3) is 0 Å². The van der Waals surface area contributed by atoms with Crippen molar-refractivity contribution >= 4 is 16.7 Å². The highest BCUT2D eigenvalue weighted by atomic mass is 15.3. The molecule has 1 aromatic carbocycles. The van der Waals surface area contributed by atoms with Gasteiger partial charge in [0.2, 0.25) is 0 Å². The topological polar surface area (TPSA) is 56.7 Å². The fraction of sp³-hybridized carbons (Fsp3) is 0.0769. The summed E-state index contributed by atoms with van der Waals surface area (Å²) in [7, 11) is 1.89. The molecule has 0 unspecified atom stereocenters. The third-order valence-electron chi connectivity index (χ3n) is 2.75. The Morgan fingerprint density at radius 3 is 2.71 bits per heavy atom. The molecular weight excluding hydrogens is 212 g/mol. The predicted octanol–water partition coefficient (Wildman–Crippen LogP) is 2.22. The lowest BCUT2D eigenvalue weighted by Gasteiger charge is -1.97. The van der Waals surface area contributed by atoms with E-state index in [-0.39, 0.29) is 0 Å². The number of nitrogens with zero attached hydrogens (tertiary/aromatic N) is 3. The molecule has 0 bridgehead atoms. The van der Waals surface area contributed by atoms with Gasteiger partial charge < -0.3 is 5.73 Å². The number of fused-ring (bicyclic) bond motifs is 1. The van der Waals surface area contributed by atoms with Gasteiger partial charge in [-0.2, -0.15) is 5.10 Å². The molecule has 3 rings (SSSR count). The van der Waals surface area contributed by atoms with Crippen LogP contribution in [0, 0.1) is 0 Å². The van der Waals surface area contributed by atoms with Gasteiger partial charge in [-0.1, -0.05) is 30.3 Å². The number of rotatable bonds is 1. The molecule has 84 valence electrons. The summed E-state index contributed by atoms with van der Waals surface area (Å²) in [4.78, 5) is 4.30. The van der Waals surface area contributed by atoms with Gasteiger partial charge in [-0.05, 0) is 6.07 Å². The first kappa shape index (κ1) is 9.84. The van der Waals surface area contributed by atoms with Gasteiger partial charge in [0.05, 0.1) is 11.9 Å². The smallest absolute Gasteiger partial charge is 0.158 e. The number of hydrogen-bond acceptors (Lipinski definition) is 3. The number of anilines is 1. The van der Waals surface area contributed by atoms with Crippen molar-refractivity contribution in [2.24, 2.45) is 7.05 Å². The van der Waals surface area contributed by atoms with Crippen molar-refractivity contribution in [2.45, 2.75) is 0 Å². The van der Waals surface area contributed by atoms with Crippen molar-refractivity contribution in [3.8, 4) is 11.3 Å². The maximum Gasteiger partial charge on any atom is 0.158 e. The van der Waals surface area contributed by atoms with Crippen LogP contribution in [0.1, 0.15) is 0 Å². The molecular formula is C13H12N4. The van der Waals surface area contributed by atoms with Crippen LogP contribution in [-0.2, 0) is 7.05 Å². The molecule has 0 atom stereocenters. The molecule has 2 aromatic heterocycles. The molecule has 0 radical (unpaired) electrons. The molecule has 2 heterocycles. The van der Waals surface area contributed by atoms with Crippen LogP contribution in [-0.4, -0.2) is 14.8 Å². The molecule has 2 N–H and O–H groups in total. The molecule has 4 heteroatoms. The molecule has 0 aliphatic heterocycles. The van der Waals surface area contributed by atoms with Crippen LogP contribution in [0.25, 0.3) is 22.3 Å². The van der Waals surface area contributed by atoms with Crippen molar-refractivity contribution < 1.29 is 0 Å². The van der Waals surface area contributed by atoms with Crippen molar-refractivity contribution in [1.29, 1.82) is 0 Å². The largest absolute Gasteiger partial charge is 0.397 e. The predicted molar refractivity (Wildman–Crippen MR) is 68.4 cm³/mol. The molecule has 0 aliphatic rings. The molecule has 0 spiro atoms. The molecule has 0 saturated carbocycles. The average Bonchev–Trinajstić information content (AvgIpc) is 2.67. The normalized spacial score (nSPS) is 10.9. The second kappa shape index (κ2) is 3.59. The highest BCUT2D eigenvalue weighted by Crippen LogP contribution is 2.27. The van der Waals surface area contributed by atoms with E-state index in [0.29, 0.717) is 5.69 Å². The van der Waals surface area contributed by atoms with Crippen LogP contribution in [0.4, 0.5) is 5.69 Å². The quantitative estimate of drug-likeness (QED) is 0.689. The Labute approximate surface area is 98.7 Å². The van der Waals surface area contributed by atoms with Crippen LogP contribution in [0.3, 0.4) is 0 Å². The van der Waals surface area contributed by atoms with Crippen molar-refractivity contribution in [3.63, 3.8) is 0 Å². The lowest BCUT2D eigenvalue weighted by Crippen LogP contribution is -1.92. The van der Waals surface area contributed by atoms with Crippen LogP contribution in [0.5, 0.6) is 0 Å². The molecule has 17 heavy (non-hydrogen) atoms. The number of pyridine rings is 1. The zero-order valence-electron chi connectivity index (χ0n) is 9.46.